The molecule has 70 valence electrons. The minimum atomic E-state index is -0.371. The average molecular weight is 172 g/mol. The van der Waals surface area contributed by atoms with Gasteiger partial charge in [-0.1, -0.05) is 27.4 Å². The first-order valence-electron chi connectivity index (χ1n) is 4.09. The summed E-state index contributed by atoms with van der Waals surface area (Å²) in [5.74, 6) is 0.00403. The van der Waals surface area contributed by atoms with E-state index in [2.05, 4.69) is 6.58 Å². The Hall–Kier alpha value is -0.790. The lowest BCUT2D eigenvalue weighted by Gasteiger charge is -2.22. The van der Waals surface area contributed by atoms with Crippen molar-refractivity contribution < 1.29 is 9.13 Å². The highest BCUT2D eigenvalue weighted by atomic mass is 19.1. The summed E-state index contributed by atoms with van der Waals surface area (Å²) in [7, 11) is 0. The molecule has 0 radical (unpaired) electrons. The molecule has 0 aromatic carbocycles. The van der Waals surface area contributed by atoms with Crippen molar-refractivity contribution in [3.63, 3.8) is 0 Å². The quantitative estimate of drug-likeness (QED) is 0.468. The number of hydrogen-bond acceptors (Lipinski definition) is 1. The Morgan fingerprint density at radius 1 is 1.50 bits per heavy atom. The summed E-state index contributed by atoms with van der Waals surface area (Å²) < 4.78 is 18.3. The van der Waals surface area contributed by atoms with Gasteiger partial charge in [0.1, 0.15) is 5.76 Å². The summed E-state index contributed by atoms with van der Waals surface area (Å²) in [5.41, 5.74) is -0.297. The van der Waals surface area contributed by atoms with Crippen LogP contribution in [0.4, 0.5) is 4.39 Å². The van der Waals surface area contributed by atoms with Crippen molar-refractivity contribution in [2.45, 2.75) is 27.7 Å². The van der Waals surface area contributed by atoms with E-state index in [0.717, 1.165) is 0 Å². The molecule has 0 aliphatic carbocycles. The van der Waals surface area contributed by atoms with Gasteiger partial charge in [-0.3, -0.25) is 0 Å². The van der Waals surface area contributed by atoms with E-state index in [1.165, 1.54) is 6.08 Å². The molecule has 0 heterocycles. The largest absolute Gasteiger partial charge is 0.495 e. The number of rotatable bonds is 3. The summed E-state index contributed by atoms with van der Waals surface area (Å²) >= 11 is 0. The molecule has 0 spiro atoms. The zero-order chi connectivity index (χ0) is 9.78. The number of halogens is 1. The maximum atomic E-state index is 13.1. The van der Waals surface area contributed by atoms with Crippen molar-refractivity contribution in [3.8, 4) is 0 Å². The number of allylic oxidation sites excluding steroid dienone is 3. The van der Waals surface area contributed by atoms with Crippen molar-refractivity contribution in [2.24, 2.45) is 5.41 Å². The summed E-state index contributed by atoms with van der Waals surface area (Å²) in [5, 5.41) is 0. The lowest BCUT2D eigenvalue weighted by atomic mass is 9.93. The van der Waals surface area contributed by atoms with E-state index in [0.29, 0.717) is 12.4 Å². The number of hydrogen-bond donors (Lipinski definition) is 0. The van der Waals surface area contributed by atoms with E-state index in [-0.39, 0.29) is 11.2 Å². The SMILES string of the molecule is C=C/C(F)=C(\OCC)C(C)(C)C. The summed E-state index contributed by atoms with van der Waals surface area (Å²) in [6.45, 7) is 11.4. The van der Waals surface area contributed by atoms with Gasteiger partial charge in [-0.15, -0.1) is 0 Å². The van der Waals surface area contributed by atoms with Crippen LogP contribution in [0.3, 0.4) is 0 Å². The first-order valence-corrected chi connectivity index (χ1v) is 4.09. The molecule has 1 nitrogen and oxygen atoms in total. The molecule has 12 heavy (non-hydrogen) atoms. The molecular formula is C10H17FO. The minimum Gasteiger partial charge on any atom is -0.495 e. The molecule has 0 aliphatic heterocycles. The van der Waals surface area contributed by atoms with Crippen molar-refractivity contribution in [3.05, 3.63) is 24.2 Å². The lowest BCUT2D eigenvalue weighted by molar-refractivity contribution is 0.153. The first kappa shape index (κ1) is 11.2. The van der Waals surface area contributed by atoms with E-state index in [9.17, 15) is 4.39 Å². The Kier molecular flexibility index (Phi) is 4.01. The van der Waals surface area contributed by atoms with Crippen LogP contribution in [0.25, 0.3) is 0 Å². The molecule has 0 amide bonds. The monoisotopic (exact) mass is 172 g/mol. The van der Waals surface area contributed by atoms with Gasteiger partial charge in [0.25, 0.3) is 0 Å². The molecule has 0 bridgehead atoms. The van der Waals surface area contributed by atoms with Crippen molar-refractivity contribution in [2.75, 3.05) is 6.61 Å². The summed E-state index contributed by atoms with van der Waals surface area (Å²) in [6, 6.07) is 0. The predicted molar refractivity (Wildman–Crippen MR) is 49.4 cm³/mol. The normalized spacial score (nSPS) is 13.8. The Bertz CT molecular complexity index is 187. The van der Waals surface area contributed by atoms with Gasteiger partial charge in [0.2, 0.25) is 0 Å². The van der Waals surface area contributed by atoms with Crippen LogP contribution in [0.1, 0.15) is 27.7 Å². The Labute approximate surface area is 73.9 Å². The molecule has 0 saturated carbocycles. The molecule has 0 N–H and O–H groups in total. The molecule has 0 atom stereocenters. The van der Waals surface area contributed by atoms with Crippen LogP contribution >= 0.6 is 0 Å². The highest BCUT2D eigenvalue weighted by molar-refractivity contribution is 5.17. The summed E-state index contributed by atoms with van der Waals surface area (Å²) in [6.07, 6.45) is 1.18. The summed E-state index contributed by atoms with van der Waals surface area (Å²) in [4.78, 5) is 0. The van der Waals surface area contributed by atoms with Gasteiger partial charge in [-0.25, -0.2) is 4.39 Å². The standard InChI is InChI=1S/C10H17FO/c1-6-8(11)9(12-7-2)10(3,4)5/h6H,1,7H2,2-5H3/b9-8+. The molecule has 0 saturated heterocycles. The van der Waals surface area contributed by atoms with Gasteiger partial charge in [0.05, 0.1) is 6.61 Å². The van der Waals surface area contributed by atoms with Gasteiger partial charge >= 0.3 is 0 Å². The van der Waals surface area contributed by atoms with Crippen LogP contribution in [-0.4, -0.2) is 6.61 Å². The molecule has 0 aromatic heterocycles. The third-order valence-corrected chi connectivity index (χ3v) is 1.37. The second kappa shape index (κ2) is 4.29. The smallest absolute Gasteiger partial charge is 0.160 e. The fraction of sp³-hybridized carbons (Fsp3) is 0.600. The van der Waals surface area contributed by atoms with Crippen LogP contribution < -0.4 is 0 Å². The second-order valence-electron chi connectivity index (χ2n) is 3.56. The zero-order valence-corrected chi connectivity index (χ0v) is 8.28. The van der Waals surface area contributed by atoms with Gasteiger partial charge in [0.15, 0.2) is 5.83 Å². The second-order valence-corrected chi connectivity index (χ2v) is 3.56. The van der Waals surface area contributed by atoms with E-state index in [1.54, 1.807) is 0 Å². The Morgan fingerprint density at radius 2 is 2.00 bits per heavy atom. The first-order chi connectivity index (χ1) is 5.43. The Balaban J connectivity index is 4.78. The highest BCUT2D eigenvalue weighted by Gasteiger charge is 2.22. The maximum Gasteiger partial charge on any atom is 0.160 e. The van der Waals surface area contributed by atoms with E-state index >= 15 is 0 Å². The molecule has 0 rings (SSSR count). The average Bonchev–Trinajstić information content (AvgIpc) is 1.96. The van der Waals surface area contributed by atoms with Crippen LogP contribution in [0.2, 0.25) is 0 Å². The van der Waals surface area contributed by atoms with E-state index in [1.807, 2.05) is 27.7 Å². The molecule has 0 aliphatic rings. The lowest BCUT2D eigenvalue weighted by Crippen LogP contribution is -2.13. The van der Waals surface area contributed by atoms with Gasteiger partial charge in [0, 0.05) is 5.41 Å². The third kappa shape index (κ3) is 3.07. The minimum absolute atomic E-state index is 0.297. The third-order valence-electron chi connectivity index (χ3n) is 1.37. The van der Waals surface area contributed by atoms with E-state index < -0.39 is 0 Å². The topological polar surface area (TPSA) is 9.23 Å². The van der Waals surface area contributed by atoms with Crippen molar-refractivity contribution in [1.82, 2.24) is 0 Å². The van der Waals surface area contributed by atoms with Crippen LogP contribution in [0, 0.1) is 5.41 Å². The fourth-order valence-electron chi connectivity index (χ4n) is 0.881. The van der Waals surface area contributed by atoms with Gasteiger partial charge in [-0.2, -0.15) is 0 Å². The maximum absolute atomic E-state index is 13.1. The van der Waals surface area contributed by atoms with E-state index in [4.69, 9.17) is 4.74 Å². The number of ether oxygens (including phenoxy) is 1. The Morgan fingerprint density at radius 3 is 2.25 bits per heavy atom. The van der Waals surface area contributed by atoms with Gasteiger partial charge < -0.3 is 4.74 Å². The van der Waals surface area contributed by atoms with Crippen molar-refractivity contribution in [1.29, 1.82) is 0 Å². The van der Waals surface area contributed by atoms with Crippen LogP contribution in [0.5, 0.6) is 0 Å². The van der Waals surface area contributed by atoms with Gasteiger partial charge in [-0.05, 0) is 13.0 Å². The fourth-order valence-corrected chi connectivity index (χ4v) is 0.881. The molecule has 2 heteroatoms. The molecule has 0 fully saturated rings. The predicted octanol–water partition coefficient (Wildman–Crippen LogP) is 3.44. The van der Waals surface area contributed by atoms with Crippen molar-refractivity contribution >= 4 is 0 Å². The molecule has 0 aromatic rings. The molecule has 0 unspecified atom stereocenters. The highest BCUT2D eigenvalue weighted by Crippen LogP contribution is 2.29. The zero-order valence-electron chi connectivity index (χ0n) is 8.28. The van der Waals surface area contributed by atoms with Crippen LogP contribution in [0.15, 0.2) is 24.2 Å². The molecular weight excluding hydrogens is 155 g/mol. The van der Waals surface area contributed by atoms with Crippen LogP contribution in [-0.2, 0) is 4.74 Å².